The van der Waals surface area contributed by atoms with Gasteiger partial charge in [0.25, 0.3) is 6.43 Å². The quantitative estimate of drug-likeness (QED) is 0.656. The highest BCUT2D eigenvalue weighted by Gasteiger charge is 2.25. The zero-order valence-corrected chi connectivity index (χ0v) is 9.85. The number of methoxy groups -OCH3 is 1. The molecular weight excluding hydrogens is 254 g/mol. The van der Waals surface area contributed by atoms with Crippen molar-refractivity contribution in [1.82, 2.24) is 10.2 Å². The number of hydrogen-bond donors (Lipinski definition) is 2. The van der Waals surface area contributed by atoms with E-state index in [2.05, 4.69) is 4.74 Å². The number of carbonyl (C=O) groups excluding carboxylic acids is 2. The molecule has 0 rings (SSSR count). The molecule has 0 saturated heterocycles. The molecule has 0 bridgehead atoms. The van der Waals surface area contributed by atoms with Crippen LogP contribution in [0.3, 0.4) is 0 Å². The molecule has 0 radical (unpaired) electrons. The second kappa shape index (κ2) is 7.41. The number of halogens is 2. The zero-order valence-electron chi connectivity index (χ0n) is 9.85. The summed E-state index contributed by atoms with van der Waals surface area (Å²) in [5.41, 5.74) is 0. The summed E-state index contributed by atoms with van der Waals surface area (Å²) in [5, 5.41) is 10.7. The molecule has 0 fully saturated rings. The first-order valence-electron chi connectivity index (χ1n) is 4.87. The molecule has 0 aliphatic heterocycles. The minimum absolute atomic E-state index is 0.583. The van der Waals surface area contributed by atoms with Gasteiger partial charge >= 0.3 is 18.0 Å². The van der Waals surface area contributed by atoms with Crippen LogP contribution in [-0.2, 0) is 14.3 Å². The maximum absolute atomic E-state index is 12.0. The maximum atomic E-state index is 12.0. The van der Waals surface area contributed by atoms with Crippen molar-refractivity contribution in [2.24, 2.45) is 0 Å². The Labute approximate surface area is 102 Å². The summed E-state index contributed by atoms with van der Waals surface area (Å²) in [6.45, 7) is -0.837. The van der Waals surface area contributed by atoms with Gasteiger partial charge in [-0.25, -0.2) is 18.4 Å². The fourth-order valence-electron chi connectivity index (χ4n) is 0.999. The number of hydrogen-bond acceptors (Lipinski definition) is 4. The summed E-state index contributed by atoms with van der Waals surface area (Å²) < 4.78 is 28.2. The molecule has 0 aliphatic carbocycles. The Morgan fingerprint density at radius 1 is 1.39 bits per heavy atom. The van der Waals surface area contributed by atoms with Crippen molar-refractivity contribution < 1.29 is 33.0 Å². The predicted octanol–water partition coefficient (Wildman–Crippen LogP) is -0.0908. The first kappa shape index (κ1) is 16.1. The summed E-state index contributed by atoms with van der Waals surface area (Å²) in [7, 11) is 2.14. The molecular formula is C9H14F2N2O5. The van der Waals surface area contributed by atoms with Crippen LogP contribution < -0.4 is 5.32 Å². The van der Waals surface area contributed by atoms with E-state index in [1.54, 1.807) is 0 Å². The van der Waals surface area contributed by atoms with Crippen LogP contribution in [0.15, 0.2) is 0 Å². The molecule has 9 heteroatoms. The van der Waals surface area contributed by atoms with Crippen molar-refractivity contribution in [3.8, 4) is 0 Å². The summed E-state index contributed by atoms with van der Waals surface area (Å²) in [6.07, 6.45) is -3.32. The van der Waals surface area contributed by atoms with Crippen LogP contribution in [0, 0.1) is 0 Å². The van der Waals surface area contributed by atoms with Gasteiger partial charge in [0, 0.05) is 7.05 Å². The monoisotopic (exact) mass is 268 g/mol. The second-order valence-corrected chi connectivity index (χ2v) is 3.39. The second-order valence-electron chi connectivity index (χ2n) is 3.39. The maximum Gasteiger partial charge on any atom is 0.326 e. The molecule has 0 unspecified atom stereocenters. The minimum Gasteiger partial charge on any atom is -0.480 e. The normalized spacial score (nSPS) is 11.8. The van der Waals surface area contributed by atoms with E-state index in [-0.39, 0.29) is 0 Å². The van der Waals surface area contributed by atoms with Crippen LogP contribution in [0.5, 0.6) is 0 Å². The molecule has 0 aromatic heterocycles. The van der Waals surface area contributed by atoms with Crippen molar-refractivity contribution in [3.63, 3.8) is 0 Å². The number of carboxylic acids is 1. The van der Waals surface area contributed by atoms with Gasteiger partial charge in [0.15, 0.2) is 0 Å². The van der Waals surface area contributed by atoms with Gasteiger partial charge < -0.3 is 20.1 Å². The Morgan fingerprint density at radius 3 is 2.33 bits per heavy atom. The van der Waals surface area contributed by atoms with Crippen molar-refractivity contribution in [2.75, 3.05) is 20.7 Å². The first-order chi connectivity index (χ1) is 8.27. The number of aliphatic carboxylic acids is 1. The molecule has 18 heavy (non-hydrogen) atoms. The lowest BCUT2D eigenvalue weighted by Crippen LogP contribution is -2.48. The zero-order chi connectivity index (χ0) is 14.3. The molecule has 0 aromatic rings. The number of amides is 2. The predicted molar refractivity (Wildman–Crippen MR) is 55.2 cm³/mol. The number of carboxylic acid groups (broad SMARTS) is 1. The minimum atomic E-state index is -2.73. The SMILES string of the molecule is COC(=O)C[C@H](NC(=O)N(C)CC(F)F)C(=O)O. The van der Waals surface area contributed by atoms with Gasteiger partial charge in [-0.15, -0.1) is 0 Å². The first-order valence-corrected chi connectivity index (χ1v) is 4.87. The van der Waals surface area contributed by atoms with E-state index in [1.807, 2.05) is 5.32 Å². The number of ether oxygens (including phenoxy) is 1. The molecule has 0 spiro atoms. The van der Waals surface area contributed by atoms with E-state index in [0.29, 0.717) is 4.90 Å². The van der Waals surface area contributed by atoms with Gasteiger partial charge in [0.2, 0.25) is 0 Å². The molecule has 2 amide bonds. The average Bonchev–Trinajstić information content (AvgIpc) is 2.26. The van der Waals surface area contributed by atoms with Crippen LogP contribution >= 0.6 is 0 Å². The largest absolute Gasteiger partial charge is 0.480 e. The highest BCUT2D eigenvalue weighted by molar-refractivity contribution is 5.86. The molecule has 104 valence electrons. The van der Waals surface area contributed by atoms with Gasteiger partial charge in [0.05, 0.1) is 20.1 Å². The summed E-state index contributed by atoms with van der Waals surface area (Å²) in [6, 6.07) is -2.53. The Kier molecular flexibility index (Phi) is 6.61. The molecule has 7 nitrogen and oxygen atoms in total. The van der Waals surface area contributed by atoms with Crippen molar-refractivity contribution in [2.45, 2.75) is 18.9 Å². The van der Waals surface area contributed by atoms with Crippen LogP contribution in [0.1, 0.15) is 6.42 Å². The standard InChI is InChI=1S/C9H14F2N2O5/c1-13(4-6(10)11)9(17)12-5(8(15)16)3-7(14)18-2/h5-6H,3-4H2,1-2H3,(H,12,17)(H,15,16)/t5-/m0/s1. The van der Waals surface area contributed by atoms with Gasteiger partial charge in [-0.05, 0) is 0 Å². The molecule has 2 N–H and O–H groups in total. The number of urea groups is 1. The highest BCUT2D eigenvalue weighted by atomic mass is 19.3. The summed E-state index contributed by atoms with van der Waals surface area (Å²) >= 11 is 0. The van der Waals surface area contributed by atoms with Crippen LogP contribution in [-0.4, -0.2) is 61.1 Å². The number of carbonyl (C=O) groups is 3. The smallest absolute Gasteiger partial charge is 0.326 e. The highest BCUT2D eigenvalue weighted by Crippen LogP contribution is 1.99. The van der Waals surface area contributed by atoms with Gasteiger partial charge in [-0.2, -0.15) is 0 Å². The van der Waals surface area contributed by atoms with Crippen molar-refractivity contribution in [1.29, 1.82) is 0 Å². The lowest BCUT2D eigenvalue weighted by molar-refractivity contribution is -0.147. The third kappa shape index (κ3) is 5.97. The van der Waals surface area contributed by atoms with Gasteiger partial charge in [0.1, 0.15) is 6.04 Å². The van der Waals surface area contributed by atoms with E-state index in [0.717, 1.165) is 14.2 Å². The third-order valence-electron chi connectivity index (χ3n) is 1.95. The number of rotatable bonds is 6. The molecule has 0 aromatic carbocycles. The fraction of sp³-hybridized carbons (Fsp3) is 0.667. The van der Waals surface area contributed by atoms with E-state index in [4.69, 9.17) is 5.11 Å². The Bertz CT molecular complexity index is 324. The summed E-state index contributed by atoms with van der Waals surface area (Å²) in [5.74, 6) is -2.29. The summed E-state index contributed by atoms with van der Waals surface area (Å²) in [4.78, 5) is 33.6. The number of esters is 1. The van der Waals surface area contributed by atoms with Crippen molar-refractivity contribution >= 4 is 18.0 Å². The van der Waals surface area contributed by atoms with E-state index >= 15 is 0 Å². The number of nitrogens with one attached hydrogen (secondary N) is 1. The Hall–Kier alpha value is -1.93. The van der Waals surface area contributed by atoms with Crippen LogP contribution in [0.4, 0.5) is 13.6 Å². The van der Waals surface area contributed by atoms with Crippen LogP contribution in [0.2, 0.25) is 0 Å². The number of nitrogens with zero attached hydrogens (tertiary/aromatic N) is 1. The Morgan fingerprint density at radius 2 is 1.94 bits per heavy atom. The van der Waals surface area contributed by atoms with Gasteiger partial charge in [-0.3, -0.25) is 4.79 Å². The Balaban J connectivity index is 4.45. The molecule has 1 atom stereocenters. The number of alkyl halides is 2. The van der Waals surface area contributed by atoms with Crippen LogP contribution in [0.25, 0.3) is 0 Å². The third-order valence-corrected chi connectivity index (χ3v) is 1.95. The fourth-order valence-corrected chi connectivity index (χ4v) is 0.999. The van der Waals surface area contributed by atoms with Crippen molar-refractivity contribution in [3.05, 3.63) is 0 Å². The molecule has 0 saturated carbocycles. The lowest BCUT2D eigenvalue weighted by Gasteiger charge is -2.20. The average molecular weight is 268 g/mol. The molecule has 0 heterocycles. The topological polar surface area (TPSA) is 95.9 Å². The van der Waals surface area contributed by atoms with E-state index in [9.17, 15) is 23.2 Å². The van der Waals surface area contributed by atoms with Gasteiger partial charge in [-0.1, -0.05) is 0 Å². The lowest BCUT2D eigenvalue weighted by atomic mass is 10.2. The van der Waals surface area contributed by atoms with E-state index < -0.39 is 43.4 Å². The van der Waals surface area contributed by atoms with E-state index in [1.165, 1.54) is 0 Å². The molecule has 0 aliphatic rings.